The summed E-state index contributed by atoms with van der Waals surface area (Å²) >= 11 is 0. The van der Waals surface area contributed by atoms with Gasteiger partial charge >= 0.3 is 0 Å². The molecule has 0 spiro atoms. The van der Waals surface area contributed by atoms with Gasteiger partial charge in [0.15, 0.2) is 0 Å². The maximum absolute atomic E-state index is 7.16. The highest BCUT2D eigenvalue weighted by atomic mass is 15.2. The summed E-state index contributed by atoms with van der Waals surface area (Å²) in [5.74, 6) is 0.698. The van der Waals surface area contributed by atoms with Gasteiger partial charge in [0.25, 0.3) is 0 Å². The van der Waals surface area contributed by atoms with Gasteiger partial charge in [0.05, 0.1) is 0 Å². The Kier molecular flexibility index (Phi) is 3.73. The van der Waals surface area contributed by atoms with Gasteiger partial charge in [0.2, 0.25) is 0 Å². The van der Waals surface area contributed by atoms with E-state index in [1.165, 1.54) is 18.5 Å². The van der Waals surface area contributed by atoms with Gasteiger partial charge in [-0.15, -0.1) is 0 Å². The molecule has 1 fully saturated rings. The Morgan fingerprint density at radius 1 is 1.44 bits per heavy atom. The minimum atomic E-state index is 0.511. The standard InChI is InChI=1S/C14H20N2/c1-12(14-5-3-2-4-6-14)16-10-8-13(11-16)7-9-15/h2-6,9,12-13,15H,7-8,10-11H2,1H3/t12-,13-/m0/s1. The second-order valence-corrected chi connectivity index (χ2v) is 4.68. The third-order valence-corrected chi connectivity index (χ3v) is 3.60. The van der Waals surface area contributed by atoms with E-state index < -0.39 is 0 Å². The second-order valence-electron chi connectivity index (χ2n) is 4.68. The van der Waals surface area contributed by atoms with Crippen molar-refractivity contribution in [2.24, 2.45) is 5.92 Å². The molecule has 0 radical (unpaired) electrons. The summed E-state index contributed by atoms with van der Waals surface area (Å²) in [7, 11) is 0. The van der Waals surface area contributed by atoms with Crippen LogP contribution in [0.1, 0.15) is 31.4 Å². The van der Waals surface area contributed by atoms with Crippen LogP contribution in [-0.4, -0.2) is 24.2 Å². The maximum Gasteiger partial charge on any atom is 0.0319 e. The Hall–Kier alpha value is -1.15. The summed E-state index contributed by atoms with van der Waals surface area (Å²) in [5, 5.41) is 7.16. The molecule has 0 aliphatic carbocycles. The maximum atomic E-state index is 7.16. The number of hydrogen-bond acceptors (Lipinski definition) is 2. The third-order valence-electron chi connectivity index (χ3n) is 3.60. The molecule has 1 saturated heterocycles. The van der Waals surface area contributed by atoms with Crippen LogP contribution in [0, 0.1) is 11.3 Å². The molecule has 1 aliphatic heterocycles. The Bertz CT molecular complexity index is 334. The highest BCUT2D eigenvalue weighted by molar-refractivity contribution is 5.53. The Labute approximate surface area is 97.8 Å². The van der Waals surface area contributed by atoms with Crippen LogP contribution in [-0.2, 0) is 0 Å². The molecule has 16 heavy (non-hydrogen) atoms. The quantitative estimate of drug-likeness (QED) is 0.769. The molecule has 0 aromatic heterocycles. The van der Waals surface area contributed by atoms with Gasteiger partial charge in [0, 0.05) is 12.6 Å². The monoisotopic (exact) mass is 216 g/mol. The summed E-state index contributed by atoms with van der Waals surface area (Å²) in [6.07, 6.45) is 3.74. The van der Waals surface area contributed by atoms with E-state index in [-0.39, 0.29) is 0 Å². The van der Waals surface area contributed by atoms with Gasteiger partial charge < -0.3 is 5.41 Å². The summed E-state index contributed by atoms with van der Waals surface area (Å²) in [6, 6.07) is 11.2. The SMILES string of the molecule is C[C@@H](c1ccccc1)N1CC[C@H](CC=N)C1. The van der Waals surface area contributed by atoms with Crippen molar-refractivity contribution in [3.8, 4) is 0 Å². The molecule has 2 rings (SSSR count). The predicted molar refractivity (Wildman–Crippen MR) is 67.9 cm³/mol. The van der Waals surface area contributed by atoms with Gasteiger partial charge in [-0.2, -0.15) is 0 Å². The normalized spacial score (nSPS) is 23.2. The van der Waals surface area contributed by atoms with Gasteiger partial charge in [0.1, 0.15) is 0 Å². The molecular weight excluding hydrogens is 196 g/mol. The number of benzene rings is 1. The summed E-state index contributed by atoms with van der Waals surface area (Å²) < 4.78 is 0. The van der Waals surface area contributed by atoms with Crippen molar-refractivity contribution in [1.82, 2.24) is 4.90 Å². The summed E-state index contributed by atoms with van der Waals surface area (Å²) in [5.41, 5.74) is 1.40. The van der Waals surface area contributed by atoms with Crippen molar-refractivity contribution in [2.45, 2.75) is 25.8 Å². The number of rotatable bonds is 4. The highest BCUT2D eigenvalue weighted by Gasteiger charge is 2.25. The van der Waals surface area contributed by atoms with E-state index in [0.29, 0.717) is 12.0 Å². The second kappa shape index (κ2) is 5.26. The Balaban J connectivity index is 1.97. The smallest absolute Gasteiger partial charge is 0.0319 e. The molecule has 1 aliphatic rings. The number of hydrogen-bond donors (Lipinski definition) is 1. The van der Waals surface area contributed by atoms with Crippen molar-refractivity contribution >= 4 is 6.21 Å². The molecule has 0 saturated carbocycles. The van der Waals surface area contributed by atoms with E-state index in [2.05, 4.69) is 42.2 Å². The van der Waals surface area contributed by atoms with Crippen LogP contribution in [0.5, 0.6) is 0 Å². The van der Waals surface area contributed by atoms with E-state index in [1.807, 2.05) is 0 Å². The lowest BCUT2D eigenvalue weighted by Gasteiger charge is -2.24. The van der Waals surface area contributed by atoms with E-state index >= 15 is 0 Å². The fourth-order valence-corrected chi connectivity index (χ4v) is 2.52. The van der Waals surface area contributed by atoms with Crippen molar-refractivity contribution in [3.63, 3.8) is 0 Å². The predicted octanol–water partition coefficient (Wildman–Crippen LogP) is 3.11. The zero-order valence-electron chi connectivity index (χ0n) is 9.89. The van der Waals surface area contributed by atoms with Gasteiger partial charge in [-0.25, -0.2) is 0 Å². The lowest BCUT2D eigenvalue weighted by molar-refractivity contribution is 0.253. The number of likely N-dealkylation sites (tertiary alicyclic amines) is 1. The summed E-state index contributed by atoms with van der Waals surface area (Å²) in [4.78, 5) is 2.53. The van der Waals surface area contributed by atoms with Crippen molar-refractivity contribution in [3.05, 3.63) is 35.9 Å². The van der Waals surface area contributed by atoms with Crippen molar-refractivity contribution in [1.29, 1.82) is 5.41 Å². The molecule has 1 aromatic rings. The molecule has 0 unspecified atom stereocenters. The van der Waals surface area contributed by atoms with Crippen LogP contribution in [0.4, 0.5) is 0 Å². The third kappa shape index (κ3) is 2.50. The molecule has 2 atom stereocenters. The van der Waals surface area contributed by atoms with Crippen LogP contribution >= 0.6 is 0 Å². The van der Waals surface area contributed by atoms with Gasteiger partial charge in [-0.05, 0) is 44.0 Å². The minimum absolute atomic E-state index is 0.511. The Morgan fingerprint density at radius 2 is 2.19 bits per heavy atom. The lowest BCUT2D eigenvalue weighted by atomic mass is 10.1. The molecule has 2 nitrogen and oxygen atoms in total. The average molecular weight is 216 g/mol. The average Bonchev–Trinajstić information content (AvgIpc) is 2.78. The van der Waals surface area contributed by atoms with Crippen LogP contribution in [0.3, 0.4) is 0 Å². The van der Waals surface area contributed by atoms with Crippen LogP contribution in [0.2, 0.25) is 0 Å². The first-order chi connectivity index (χ1) is 7.81. The summed E-state index contributed by atoms with van der Waals surface area (Å²) in [6.45, 7) is 4.60. The van der Waals surface area contributed by atoms with E-state index in [9.17, 15) is 0 Å². The zero-order chi connectivity index (χ0) is 11.4. The Morgan fingerprint density at radius 3 is 2.88 bits per heavy atom. The first-order valence-corrected chi connectivity index (χ1v) is 6.09. The van der Waals surface area contributed by atoms with Crippen LogP contribution in [0.15, 0.2) is 30.3 Å². The first kappa shape index (κ1) is 11.3. The molecule has 1 aromatic carbocycles. The van der Waals surface area contributed by atoms with Crippen molar-refractivity contribution < 1.29 is 0 Å². The first-order valence-electron chi connectivity index (χ1n) is 6.09. The van der Waals surface area contributed by atoms with Crippen molar-refractivity contribution in [2.75, 3.05) is 13.1 Å². The molecular formula is C14H20N2. The largest absolute Gasteiger partial charge is 0.313 e. The molecule has 0 bridgehead atoms. The van der Waals surface area contributed by atoms with Crippen LogP contribution < -0.4 is 0 Å². The molecule has 86 valence electrons. The number of nitrogens with one attached hydrogen (secondary N) is 1. The van der Waals surface area contributed by atoms with Gasteiger partial charge in [-0.3, -0.25) is 4.90 Å². The van der Waals surface area contributed by atoms with E-state index in [4.69, 9.17) is 5.41 Å². The molecule has 1 N–H and O–H groups in total. The number of nitrogens with zero attached hydrogens (tertiary/aromatic N) is 1. The van der Waals surface area contributed by atoms with E-state index in [0.717, 1.165) is 13.0 Å². The fraction of sp³-hybridized carbons (Fsp3) is 0.500. The minimum Gasteiger partial charge on any atom is -0.313 e. The lowest BCUT2D eigenvalue weighted by Crippen LogP contribution is -2.24. The molecule has 0 amide bonds. The zero-order valence-corrected chi connectivity index (χ0v) is 9.89. The molecule has 1 heterocycles. The van der Waals surface area contributed by atoms with Gasteiger partial charge in [-0.1, -0.05) is 30.3 Å². The van der Waals surface area contributed by atoms with E-state index in [1.54, 1.807) is 6.21 Å². The van der Waals surface area contributed by atoms with Crippen LogP contribution in [0.25, 0.3) is 0 Å². The highest BCUT2D eigenvalue weighted by Crippen LogP contribution is 2.28. The molecule has 2 heteroatoms. The fourth-order valence-electron chi connectivity index (χ4n) is 2.52. The topological polar surface area (TPSA) is 27.1 Å².